The van der Waals surface area contributed by atoms with Crippen LogP contribution in [0.25, 0.3) is 0 Å². The lowest BCUT2D eigenvalue weighted by molar-refractivity contribution is 0.0695. The fourth-order valence-corrected chi connectivity index (χ4v) is 1.27. The molecule has 0 saturated heterocycles. The van der Waals surface area contributed by atoms with E-state index in [4.69, 9.17) is 5.11 Å². The molecule has 0 aliphatic rings. The molecule has 1 heterocycles. The Morgan fingerprint density at radius 2 is 1.93 bits per heavy atom. The SMILES string of the molecule is CC(C)C(C)n1cc(C(=O)O)ccc1=O. The minimum atomic E-state index is -1.01. The van der Waals surface area contributed by atoms with E-state index in [1.807, 2.05) is 20.8 Å². The zero-order valence-corrected chi connectivity index (χ0v) is 9.10. The van der Waals surface area contributed by atoms with Crippen LogP contribution >= 0.6 is 0 Å². The highest BCUT2D eigenvalue weighted by molar-refractivity contribution is 5.87. The minimum absolute atomic E-state index is 0.00296. The molecule has 0 amide bonds. The minimum Gasteiger partial charge on any atom is -0.478 e. The summed E-state index contributed by atoms with van der Waals surface area (Å²) in [4.78, 5) is 22.3. The van der Waals surface area contributed by atoms with Gasteiger partial charge < -0.3 is 9.67 Å². The van der Waals surface area contributed by atoms with Crippen molar-refractivity contribution in [3.05, 3.63) is 34.2 Å². The number of carbonyl (C=O) groups is 1. The Labute approximate surface area is 88.2 Å². The van der Waals surface area contributed by atoms with Gasteiger partial charge in [0.25, 0.3) is 5.56 Å². The average Bonchev–Trinajstić information content (AvgIpc) is 2.16. The number of nitrogens with zero attached hydrogens (tertiary/aromatic N) is 1. The van der Waals surface area contributed by atoms with Gasteiger partial charge in [-0.2, -0.15) is 0 Å². The van der Waals surface area contributed by atoms with E-state index in [2.05, 4.69) is 0 Å². The second-order valence-electron chi connectivity index (χ2n) is 3.95. The third kappa shape index (κ3) is 2.46. The molecule has 0 radical (unpaired) electrons. The van der Waals surface area contributed by atoms with Crippen LogP contribution in [0.4, 0.5) is 0 Å². The number of carboxylic acid groups (broad SMARTS) is 1. The maximum absolute atomic E-state index is 11.5. The van der Waals surface area contributed by atoms with Crippen LogP contribution in [0.15, 0.2) is 23.1 Å². The average molecular weight is 209 g/mol. The maximum atomic E-state index is 11.5. The number of pyridine rings is 1. The van der Waals surface area contributed by atoms with Crippen molar-refractivity contribution < 1.29 is 9.90 Å². The highest BCUT2D eigenvalue weighted by Crippen LogP contribution is 2.14. The van der Waals surface area contributed by atoms with Gasteiger partial charge >= 0.3 is 5.97 Å². The molecular formula is C11H15NO3. The third-order valence-corrected chi connectivity index (χ3v) is 2.59. The maximum Gasteiger partial charge on any atom is 0.337 e. The first-order valence-electron chi connectivity index (χ1n) is 4.89. The summed E-state index contributed by atoms with van der Waals surface area (Å²) >= 11 is 0. The Morgan fingerprint density at radius 3 is 2.40 bits per heavy atom. The zero-order valence-electron chi connectivity index (χ0n) is 9.10. The molecule has 1 N–H and O–H groups in total. The largest absolute Gasteiger partial charge is 0.478 e. The summed E-state index contributed by atoms with van der Waals surface area (Å²) in [5.74, 6) is -0.730. The van der Waals surface area contributed by atoms with Crippen molar-refractivity contribution in [1.82, 2.24) is 4.57 Å². The smallest absolute Gasteiger partial charge is 0.337 e. The molecule has 0 aliphatic heterocycles. The van der Waals surface area contributed by atoms with Crippen LogP contribution in [0.5, 0.6) is 0 Å². The van der Waals surface area contributed by atoms with Crippen LogP contribution in [0.1, 0.15) is 37.2 Å². The number of aromatic nitrogens is 1. The van der Waals surface area contributed by atoms with Crippen molar-refractivity contribution in [3.63, 3.8) is 0 Å². The van der Waals surface area contributed by atoms with Crippen molar-refractivity contribution in [2.24, 2.45) is 5.92 Å². The van der Waals surface area contributed by atoms with E-state index in [1.165, 1.54) is 22.9 Å². The van der Waals surface area contributed by atoms with E-state index in [0.29, 0.717) is 0 Å². The van der Waals surface area contributed by atoms with Crippen LogP contribution in [-0.4, -0.2) is 15.6 Å². The molecule has 1 atom stereocenters. The third-order valence-electron chi connectivity index (χ3n) is 2.59. The van der Waals surface area contributed by atoms with E-state index >= 15 is 0 Å². The number of hydrogen-bond donors (Lipinski definition) is 1. The van der Waals surface area contributed by atoms with Crippen molar-refractivity contribution in [1.29, 1.82) is 0 Å². The van der Waals surface area contributed by atoms with Crippen LogP contribution < -0.4 is 5.56 Å². The summed E-state index contributed by atoms with van der Waals surface area (Å²) in [6, 6.07) is 2.62. The van der Waals surface area contributed by atoms with Crippen molar-refractivity contribution in [3.8, 4) is 0 Å². The molecule has 82 valence electrons. The van der Waals surface area contributed by atoms with Gasteiger partial charge in [0.05, 0.1) is 5.56 Å². The Hall–Kier alpha value is -1.58. The molecule has 4 heteroatoms. The highest BCUT2D eigenvalue weighted by atomic mass is 16.4. The summed E-state index contributed by atoms with van der Waals surface area (Å²) in [5, 5.41) is 8.81. The van der Waals surface area contributed by atoms with E-state index in [-0.39, 0.29) is 23.1 Å². The Morgan fingerprint density at radius 1 is 1.33 bits per heavy atom. The Bertz CT molecular complexity index is 420. The molecule has 0 saturated carbocycles. The lowest BCUT2D eigenvalue weighted by Gasteiger charge is -2.18. The Balaban J connectivity index is 3.22. The van der Waals surface area contributed by atoms with Gasteiger partial charge in [-0.15, -0.1) is 0 Å². The number of aromatic carboxylic acids is 1. The summed E-state index contributed by atoms with van der Waals surface area (Å²) in [6.45, 7) is 5.88. The van der Waals surface area contributed by atoms with Crippen molar-refractivity contribution >= 4 is 5.97 Å². The predicted octanol–water partition coefficient (Wildman–Crippen LogP) is 1.76. The predicted molar refractivity (Wildman–Crippen MR) is 57.2 cm³/mol. The first-order chi connectivity index (χ1) is 6.93. The normalized spacial score (nSPS) is 12.8. The van der Waals surface area contributed by atoms with E-state index in [9.17, 15) is 9.59 Å². The van der Waals surface area contributed by atoms with Crippen LogP contribution in [-0.2, 0) is 0 Å². The number of carboxylic acids is 1. The standard InChI is InChI=1S/C11H15NO3/c1-7(2)8(3)12-6-9(11(14)15)4-5-10(12)13/h4-8H,1-3H3,(H,14,15). The van der Waals surface area contributed by atoms with Gasteiger partial charge in [-0.25, -0.2) is 4.79 Å². The highest BCUT2D eigenvalue weighted by Gasteiger charge is 2.12. The van der Waals surface area contributed by atoms with Gasteiger partial charge in [0.1, 0.15) is 0 Å². The molecule has 0 bridgehead atoms. The molecule has 0 fully saturated rings. The first kappa shape index (κ1) is 11.5. The van der Waals surface area contributed by atoms with E-state index in [1.54, 1.807) is 0 Å². The summed E-state index contributed by atoms with van der Waals surface area (Å²) in [5.41, 5.74) is -0.0247. The molecule has 1 aromatic rings. The quantitative estimate of drug-likeness (QED) is 0.825. The second-order valence-corrected chi connectivity index (χ2v) is 3.95. The van der Waals surface area contributed by atoms with Gasteiger partial charge in [-0.1, -0.05) is 13.8 Å². The molecular weight excluding hydrogens is 194 g/mol. The van der Waals surface area contributed by atoms with Gasteiger partial charge in [-0.3, -0.25) is 4.79 Å². The topological polar surface area (TPSA) is 59.3 Å². The fourth-order valence-electron chi connectivity index (χ4n) is 1.27. The van der Waals surface area contributed by atoms with Crippen LogP contribution in [0.3, 0.4) is 0 Å². The van der Waals surface area contributed by atoms with Crippen molar-refractivity contribution in [2.45, 2.75) is 26.8 Å². The van der Waals surface area contributed by atoms with Gasteiger partial charge in [0, 0.05) is 18.3 Å². The van der Waals surface area contributed by atoms with Crippen molar-refractivity contribution in [2.75, 3.05) is 0 Å². The van der Waals surface area contributed by atoms with E-state index in [0.717, 1.165) is 0 Å². The molecule has 0 aliphatic carbocycles. The molecule has 1 aromatic heterocycles. The molecule has 0 spiro atoms. The fraction of sp³-hybridized carbons (Fsp3) is 0.455. The summed E-state index contributed by atoms with van der Waals surface area (Å²) < 4.78 is 1.47. The van der Waals surface area contributed by atoms with Gasteiger partial charge in [0.15, 0.2) is 0 Å². The number of hydrogen-bond acceptors (Lipinski definition) is 2. The molecule has 4 nitrogen and oxygen atoms in total. The molecule has 0 aromatic carbocycles. The Kier molecular flexibility index (Phi) is 3.29. The lowest BCUT2D eigenvalue weighted by atomic mass is 10.1. The molecule has 15 heavy (non-hydrogen) atoms. The van der Waals surface area contributed by atoms with E-state index < -0.39 is 5.97 Å². The monoisotopic (exact) mass is 209 g/mol. The van der Waals surface area contributed by atoms with Gasteiger partial charge in [-0.05, 0) is 18.9 Å². The summed E-state index contributed by atoms with van der Waals surface area (Å²) in [6.07, 6.45) is 1.40. The van der Waals surface area contributed by atoms with Crippen LogP contribution in [0.2, 0.25) is 0 Å². The van der Waals surface area contributed by atoms with Gasteiger partial charge in [0.2, 0.25) is 0 Å². The first-order valence-corrected chi connectivity index (χ1v) is 4.89. The number of rotatable bonds is 3. The molecule has 1 unspecified atom stereocenters. The van der Waals surface area contributed by atoms with Crippen LogP contribution in [0, 0.1) is 5.92 Å². The lowest BCUT2D eigenvalue weighted by Crippen LogP contribution is -2.26. The summed E-state index contributed by atoms with van der Waals surface area (Å²) in [7, 11) is 0. The second kappa shape index (κ2) is 4.29. The zero-order chi connectivity index (χ0) is 11.6. The molecule has 1 rings (SSSR count).